The number of carbonyl (C=O) groups is 1. The number of aromatic nitrogens is 3. The average molecular weight is 246 g/mol. The Bertz CT molecular complexity index is 586. The second-order valence-electron chi connectivity index (χ2n) is 4.25. The van der Waals surface area contributed by atoms with Gasteiger partial charge < -0.3 is 16.0 Å². The molecule has 0 atom stereocenters. The average Bonchev–Trinajstić information content (AvgIpc) is 2.86. The van der Waals surface area contributed by atoms with Crippen LogP contribution < -0.4 is 16.0 Å². The van der Waals surface area contributed by atoms with Gasteiger partial charge >= 0.3 is 0 Å². The standard InChI is InChI=1S/C11H14N6O/c12-11(18)9-8(17-5-3-13-4-6-17)2-1-7-10(9)15-16-14-7/h1-2,13H,3-6H2,(H2,12,18)(H,14,15,16). The Hall–Kier alpha value is -2.15. The third-order valence-electron chi connectivity index (χ3n) is 3.17. The number of fused-ring (bicyclic) bond motifs is 1. The molecule has 1 aliphatic rings. The smallest absolute Gasteiger partial charge is 0.253 e. The molecule has 94 valence electrons. The van der Waals surface area contributed by atoms with Crippen molar-refractivity contribution in [2.75, 3.05) is 31.1 Å². The SMILES string of the molecule is NC(=O)c1c(N2CCNCC2)ccc2n[nH]nc12. The number of piperazine rings is 1. The van der Waals surface area contributed by atoms with Crippen molar-refractivity contribution in [2.45, 2.75) is 0 Å². The highest BCUT2D eigenvalue weighted by atomic mass is 16.1. The molecule has 1 amide bonds. The summed E-state index contributed by atoms with van der Waals surface area (Å²) in [7, 11) is 0. The molecule has 2 heterocycles. The first-order valence-corrected chi connectivity index (χ1v) is 5.86. The molecule has 1 aliphatic heterocycles. The molecule has 0 unspecified atom stereocenters. The van der Waals surface area contributed by atoms with E-state index in [2.05, 4.69) is 25.6 Å². The summed E-state index contributed by atoms with van der Waals surface area (Å²) < 4.78 is 0. The Kier molecular flexibility index (Phi) is 2.60. The molecule has 7 heteroatoms. The molecule has 1 fully saturated rings. The first-order chi connectivity index (χ1) is 8.77. The molecule has 18 heavy (non-hydrogen) atoms. The molecule has 3 rings (SSSR count). The Labute approximate surface area is 103 Å². The molecule has 0 saturated carbocycles. The number of amides is 1. The van der Waals surface area contributed by atoms with Crippen LogP contribution in [0, 0.1) is 0 Å². The number of carbonyl (C=O) groups excluding carboxylic acids is 1. The highest BCUT2D eigenvalue weighted by molar-refractivity contribution is 6.09. The number of anilines is 1. The number of nitrogens with one attached hydrogen (secondary N) is 2. The highest BCUT2D eigenvalue weighted by Crippen LogP contribution is 2.26. The second kappa shape index (κ2) is 4.26. The van der Waals surface area contributed by atoms with Crippen molar-refractivity contribution in [1.29, 1.82) is 0 Å². The van der Waals surface area contributed by atoms with Gasteiger partial charge in [0.05, 0.1) is 11.3 Å². The Morgan fingerprint density at radius 2 is 2.06 bits per heavy atom. The van der Waals surface area contributed by atoms with E-state index in [1.807, 2.05) is 12.1 Å². The summed E-state index contributed by atoms with van der Waals surface area (Å²) in [6.45, 7) is 3.50. The van der Waals surface area contributed by atoms with Crippen LogP contribution in [0.4, 0.5) is 5.69 Å². The van der Waals surface area contributed by atoms with Gasteiger partial charge in [-0.25, -0.2) is 0 Å². The summed E-state index contributed by atoms with van der Waals surface area (Å²) in [5.74, 6) is -0.469. The molecule has 0 aliphatic carbocycles. The van der Waals surface area contributed by atoms with Crippen molar-refractivity contribution < 1.29 is 4.79 Å². The molecule has 0 spiro atoms. The van der Waals surface area contributed by atoms with Crippen LogP contribution in [0.1, 0.15) is 10.4 Å². The number of primary amides is 1. The maximum Gasteiger partial charge on any atom is 0.253 e. The van der Waals surface area contributed by atoms with E-state index in [-0.39, 0.29) is 0 Å². The third kappa shape index (κ3) is 1.68. The van der Waals surface area contributed by atoms with Crippen LogP contribution in [-0.4, -0.2) is 47.5 Å². The topological polar surface area (TPSA) is 99.9 Å². The number of H-pyrrole nitrogens is 1. The van der Waals surface area contributed by atoms with Gasteiger partial charge in [0.15, 0.2) is 0 Å². The maximum atomic E-state index is 11.7. The molecule has 7 nitrogen and oxygen atoms in total. The van der Waals surface area contributed by atoms with Crippen molar-refractivity contribution in [2.24, 2.45) is 5.73 Å². The molecule has 0 bridgehead atoms. The number of nitrogens with zero attached hydrogens (tertiary/aromatic N) is 3. The fourth-order valence-corrected chi connectivity index (χ4v) is 2.31. The van der Waals surface area contributed by atoms with Gasteiger partial charge in [0, 0.05) is 26.2 Å². The summed E-state index contributed by atoms with van der Waals surface area (Å²) in [5.41, 5.74) is 7.96. The summed E-state index contributed by atoms with van der Waals surface area (Å²) in [6.07, 6.45) is 0. The highest BCUT2D eigenvalue weighted by Gasteiger charge is 2.21. The van der Waals surface area contributed by atoms with E-state index in [0.29, 0.717) is 16.6 Å². The van der Waals surface area contributed by atoms with Gasteiger partial charge in [-0.3, -0.25) is 4.79 Å². The molecule has 4 N–H and O–H groups in total. The summed E-state index contributed by atoms with van der Waals surface area (Å²) >= 11 is 0. The van der Waals surface area contributed by atoms with Gasteiger partial charge in [-0.05, 0) is 12.1 Å². The lowest BCUT2D eigenvalue weighted by molar-refractivity contribution is 0.100. The predicted octanol–water partition coefficient (Wildman–Crippen LogP) is -0.534. The molecule has 2 aromatic rings. The minimum Gasteiger partial charge on any atom is -0.368 e. The lowest BCUT2D eigenvalue weighted by Gasteiger charge is -2.30. The van der Waals surface area contributed by atoms with E-state index in [4.69, 9.17) is 5.73 Å². The minimum absolute atomic E-state index is 0.447. The normalized spacial score (nSPS) is 16.1. The Morgan fingerprint density at radius 3 is 2.78 bits per heavy atom. The second-order valence-corrected chi connectivity index (χ2v) is 4.25. The van der Waals surface area contributed by atoms with E-state index >= 15 is 0 Å². The lowest BCUT2D eigenvalue weighted by Crippen LogP contribution is -2.44. The van der Waals surface area contributed by atoms with Crippen molar-refractivity contribution in [3.05, 3.63) is 17.7 Å². The molecule has 1 aromatic heterocycles. The lowest BCUT2D eigenvalue weighted by atomic mass is 10.1. The fourth-order valence-electron chi connectivity index (χ4n) is 2.31. The van der Waals surface area contributed by atoms with Gasteiger partial charge in [0.2, 0.25) is 0 Å². The fraction of sp³-hybridized carbons (Fsp3) is 0.364. The summed E-state index contributed by atoms with van der Waals surface area (Å²) in [6, 6.07) is 3.74. The van der Waals surface area contributed by atoms with E-state index in [1.54, 1.807) is 0 Å². The van der Waals surface area contributed by atoms with E-state index in [0.717, 1.165) is 31.9 Å². The van der Waals surface area contributed by atoms with Gasteiger partial charge in [0.25, 0.3) is 5.91 Å². The maximum absolute atomic E-state index is 11.7. The monoisotopic (exact) mass is 246 g/mol. The van der Waals surface area contributed by atoms with Crippen molar-refractivity contribution in [3.63, 3.8) is 0 Å². The van der Waals surface area contributed by atoms with Crippen LogP contribution >= 0.6 is 0 Å². The predicted molar refractivity (Wildman–Crippen MR) is 67.5 cm³/mol. The summed E-state index contributed by atoms with van der Waals surface area (Å²) in [5, 5.41) is 13.8. The molecular weight excluding hydrogens is 232 g/mol. The van der Waals surface area contributed by atoms with Crippen LogP contribution in [0.15, 0.2) is 12.1 Å². The quantitative estimate of drug-likeness (QED) is 0.661. The first kappa shape index (κ1) is 11.0. The molecular formula is C11H14N6O. The van der Waals surface area contributed by atoms with E-state index in [1.165, 1.54) is 0 Å². The van der Waals surface area contributed by atoms with Crippen LogP contribution in [0.25, 0.3) is 11.0 Å². The molecule has 1 aromatic carbocycles. The Morgan fingerprint density at radius 1 is 1.28 bits per heavy atom. The Balaban J connectivity index is 2.14. The number of rotatable bonds is 2. The first-order valence-electron chi connectivity index (χ1n) is 5.86. The molecule has 1 saturated heterocycles. The minimum atomic E-state index is -0.469. The number of hydrogen-bond donors (Lipinski definition) is 3. The van der Waals surface area contributed by atoms with Crippen molar-refractivity contribution in [3.8, 4) is 0 Å². The number of aromatic amines is 1. The van der Waals surface area contributed by atoms with Crippen LogP contribution in [-0.2, 0) is 0 Å². The van der Waals surface area contributed by atoms with Crippen LogP contribution in [0.5, 0.6) is 0 Å². The zero-order chi connectivity index (χ0) is 12.5. The zero-order valence-corrected chi connectivity index (χ0v) is 9.81. The zero-order valence-electron chi connectivity index (χ0n) is 9.81. The van der Waals surface area contributed by atoms with Crippen LogP contribution in [0.2, 0.25) is 0 Å². The van der Waals surface area contributed by atoms with Gasteiger partial charge in [0.1, 0.15) is 11.0 Å². The summed E-state index contributed by atoms with van der Waals surface area (Å²) in [4.78, 5) is 13.8. The van der Waals surface area contributed by atoms with Gasteiger partial charge in [-0.2, -0.15) is 15.4 Å². The van der Waals surface area contributed by atoms with Gasteiger partial charge in [-0.15, -0.1) is 0 Å². The van der Waals surface area contributed by atoms with E-state index in [9.17, 15) is 4.79 Å². The van der Waals surface area contributed by atoms with E-state index < -0.39 is 5.91 Å². The number of benzene rings is 1. The largest absolute Gasteiger partial charge is 0.368 e. The van der Waals surface area contributed by atoms with Gasteiger partial charge in [-0.1, -0.05) is 0 Å². The van der Waals surface area contributed by atoms with Crippen LogP contribution in [0.3, 0.4) is 0 Å². The third-order valence-corrected chi connectivity index (χ3v) is 3.17. The van der Waals surface area contributed by atoms with Crippen molar-refractivity contribution in [1.82, 2.24) is 20.7 Å². The molecule has 0 radical (unpaired) electrons. The van der Waals surface area contributed by atoms with Crippen molar-refractivity contribution >= 4 is 22.6 Å². The number of nitrogens with two attached hydrogens (primary N) is 1. The number of hydrogen-bond acceptors (Lipinski definition) is 5.